The number of rotatable bonds is 4. The van der Waals surface area contributed by atoms with Crippen molar-refractivity contribution in [3.8, 4) is 5.75 Å². The predicted molar refractivity (Wildman–Crippen MR) is 64.8 cm³/mol. The third-order valence-corrected chi connectivity index (χ3v) is 2.80. The Morgan fingerprint density at radius 1 is 1.44 bits per heavy atom. The fourth-order valence-electron chi connectivity index (χ4n) is 1.47. The molecule has 0 spiro atoms. The maximum absolute atomic E-state index is 11.6. The molecule has 0 bridgehead atoms. The van der Waals surface area contributed by atoms with Crippen molar-refractivity contribution in [3.05, 3.63) is 45.3 Å². The van der Waals surface area contributed by atoms with Gasteiger partial charge in [-0.15, -0.1) is 11.6 Å². The standard InChI is InChI=1S/C12H12ClNO4/c1-7-10(8(2)18-14-7)5-17-12-6-16-9(4-13)3-11(12)15/h3,6H,4-5H2,1-2H3. The van der Waals surface area contributed by atoms with E-state index < -0.39 is 0 Å². The number of aryl methyl sites for hydroxylation is 2. The summed E-state index contributed by atoms with van der Waals surface area (Å²) in [5.74, 6) is 1.38. The summed E-state index contributed by atoms with van der Waals surface area (Å²) in [6, 6.07) is 1.32. The largest absolute Gasteiger partial charge is 0.482 e. The first-order valence-corrected chi connectivity index (χ1v) is 5.87. The van der Waals surface area contributed by atoms with Crippen molar-refractivity contribution in [3.63, 3.8) is 0 Å². The lowest BCUT2D eigenvalue weighted by Gasteiger charge is -2.04. The molecule has 0 aliphatic heterocycles. The van der Waals surface area contributed by atoms with Crippen molar-refractivity contribution in [2.24, 2.45) is 0 Å². The Balaban J connectivity index is 2.14. The van der Waals surface area contributed by atoms with Gasteiger partial charge in [-0.25, -0.2) is 0 Å². The zero-order valence-corrected chi connectivity index (χ0v) is 10.8. The van der Waals surface area contributed by atoms with Gasteiger partial charge in [-0.1, -0.05) is 5.16 Å². The highest BCUT2D eigenvalue weighted by atomic mass is 35.5. The average molecular weight is 270 g/mol. The SMILES string of the molecule is Cc1noc(C)c1COc1coc(CCl)cc1=O. The Morgan fingerprint density at radius 3 is 2.78 bits per heavy atom. The minimum atomic E-state index is -0.260. The van der Waals surface area contributed by atoms with Crippen LogP contribution in [-0.2, 0) is 12.5 Å². The van der Waals surface area contributed by atoms with E-state index in [1.54, 1.807) is 6.92 Å². The van der Waals surface area contributed by atoms with E-state index in [1.165, 1.54) is 12.3 Å². The van der Waals surface area contributed by atoms with Crippen LogP contribution in [0, 0.1) is 13.8 Å². The Labute approximate surface area is 108 Å². The first-order chi connectivity index (χ1) is 8.61. The fraction of sp³-hybridized carbons (Fsp3) is 0.333. The molecule has 2 heterocycles. The molecule has 96 valence electrons. The molecule has 0 N–H and O–H groups in total. The number of halogens is 1. The minimum Gasteiger partial charge on any atom is -0.482 e. The van der Waals surface area contributed by atoms with Gasteiger partial charge in [0.2, 0.25) is 11.2 Å². The number of aromatic nitrogens is 1. The molecule has 0 amide bonds. The molecule has 6 heteroatoms. The summed E-state index contributed by atoms with van der Waals surface area (Å²) in [4.78, 5) is 11.6. The van der Waals surface area contributed by atoms with Crippen molar-refractivity contribution in [2.45, 2.75) is 26.3 Å². The van der Waals surface area contributed by atoms with Gasteiger partial charge in [-0.05, 0) is 13.8 Å². The van der Waals surface area contributed by atoms with Crippen LogP contribution in [0.25, 0.3) is 0 Å². The lowest BCUT2D eigenvalue weighted by molar-refractivity contribution is 0.286. The Bertz CT molecular complexity index is 583. The molecule has 2 rings (SSSR count). The second kappa shape index (κ2) is 5.27. The quantitative estimate of drug-likeness (QED) is 0.798. The second-order valence-corrected chi connectivity index (χ2v) is 4.07. The van der Waals surface area contributed by atoms with Crippen LogP contribution in [0.5, 0.6) is 5.75 Å². The fourth-order valence-corrected chi connectivity index (χ4v) is 1.61. The molecule has 0 saturated carbocycles. The highest BCUT2D eigenvalue weighted by Crippen LogP contribution is 2.15. The molecular weight excluding hydrogens is 258 g/mol. The van der Waals surface area contributed by atoms with Crippen LogP contribution in [0.3, 0.4) is 0 Å². The molecule has 2 aromatic rings. The van der Waals surface area contributed by atoms with E-state index >= 15 is 0 Å². The molecule has 0 fully saturated rings. The third-order valence-electron chi connectivity index (χ3n) is 2.54. The summed E-state index contributed by atoms with van der Waals surface area (Å²) in [5, 5.41) is 3.80. The van der Waals surface area contributed by atoms with E-state index in [0.29, 0.717) is 11.5 Å². The number of nitrogens with zero attached hydrogens (tertiary/aromatic N) is 1. The van der Waals surface area contributed by atoms with Crippen molar-refractivity contribution >= 4 is 11.6 Å². The number of alkyl halides is 1. The zero-order valence-electron chi connectivity index (χ0n) is 10.0. The van der Waals surface area contributed by atoms with Crippen molar-refractivity contribution < 1.29 is 13.7 Å². The van der Waals surface area contributed by atoms with E-state index in [2.05, 4.69) is 5.16 Å². The molecule has 2 aromatic heterocycles. The normalized spacial score (nSPS) is 10.6. The third kappa shape index (κ3) is 2.56. The van der Waals surface area contributed by atoms with E-state index in [0.717, 1.165) is 11.3 Å². The average Bonchev–Trinajstić information content (AvgIpc) is 2.68. The van der Waals surface area contributed by atoms with Crippen LogP contribution in [0.15, 0.2) is 26.1 Å². The van der Waals surface area contributed by atoms with Gasteiger partial charge in [0.15, 0.2) is 0 Å². The van der Waals surface area contributed by atoms with E-state index in [-0.39, 0.29) is 23.7 Å². The van der Waals surface area contributed by atoms with Gasteiger partial charge in [-0.3, -0.25) is 4.79 Å². The van der Waals surface area contributed by atoms with Gasteiger partial charge in [0, 0.05) is 6.07 Å². The molecule has 0 aromatic carbocycles. The van der Waals surface area contributed by atoms with Crippen LogP contribution in [0.2, 0.25) is 0 Å². The zero-order chi connectivity index (χ0) is 13.1. The van der Waals surface area contributed by atoms with Gasteiger partial charge in [0.05, 0.1) is 17.1 Å². The van der Waals surface area contributed by atoms with Gasteiger partial charge in [0.1, 0.15) is 24.4 Å². The highest BCUT2D eigenvalue weighted by molar-refractivity contribution is 6.16. The lowest BCUT2D eigenvalue weighted by Crippen LogP contribution is -2.08. The van der Waals surface area contributed by atoms with Crippen LogP contribution < -0.4 is 10.2 Å². The summed E-state index contributed by atoms with van der Waals surface area (Å²) in [5.41, 5.74) is 1.31. The topological polar surface area (TPSA) is 65.5 Å². The second-order valence-electron chi connectivity index (χ2n) is 3.80. The lowest BCUT2D eigenvalue weighted by atomic mass is 10.2. The summed E-state index contributed by atoms with van der Waals surface area (Å²) in [6.07, 6.45) is 1.26. The predicted octanol–water partition coefficient (Wildman–Crippen LogP) is 2.56. The maximum atomic E-state index is 11.6. The van der Waals surface area contributed by atoms with Crippen LogP contribution in [0.1, 0.15) is 22.8 Å². The van der Waals surface area contributed by atoms with E-state index in [9.17, 15) is 4.79 Å². The van der Waals surface area contributed by atoms with Crippen molar-refractivity contribution in [1.82, 2.24) is 5.16 Å². The first-order valence-electron chi connectivity index (χ1n) is 5.34. The first kappa shape index (κ1) is 12.7. The Hall–Kier alpha value is -1.75. The Kier molecular flexibility index (Phi) is 3.72. The number of hydrogen-bond acceptors (Lipinski definition) is 5. The molecule has 0 radical (unpaired) electrons. The Morgan fingerprint density at radius 2 is 2.22 bits per heavy atom. The summed E-state index contributed by atoms with van der Waals surface area (Å²) < 4.78 is 15.5. The number of ether oxygens (including phenoxy) is 1. The molecular formula is C12H12ClNO4. The van der Waals surface area contributed by atoms with Gasteiger partial charge in [-0.2, -0.15) is 0 Å². The molecule has 0 atom stereocenters. The molecule has 0 saturated heterocycles. The molecule has 0 aliphatic rings. The van der Waals surface area contributed by atoms with E-state index in [4.69, 9.17) is 25.3 Å². The van der Waals surface area contributed by atoms with Crippen molar-refractivity contribution in [2.75, 3.05) is 0 Å². The monoisotopic (exact) mass is 269 g/mol. The van der Waals surface area contributed by atoms with Gasteiger partial charge >= 0.3 is 0 Å². The van der Waals surface area contributed by atoms with E-state index in [1.807, 2.05) is 6.92 Å². The maximum Gasteiger partial charge on any atom is 0.227 e. The minimum absolute atomic E-state index is 0.142. The van der Waals surface area contributed by atoms with Crippen LogP contribution in [-0.4, -0.2) is 5.16 Å². The molecule has 0 unspecified atom stereocenters. The number of hydrogen-bond donors (Lipinski definition) is 0. The molecule has 5 nitrogen and oxygen atoms in total. The summed E-state index contributed by atoms with van der Waals surface area (Å²) in [6.45, 7) is 3.82. The van der Waals surface area contributed by atoms with Gasteiger partial charge in [0.25, 0.3) is 0 Å². The van der Waals surface area contributed by atoms with Crippen LogP contribution in [0.4, 0.5) is 0 Å². The van der Waals surface area contributed by atoms with Crippen LogP contribution >= 0.6 is 11.6 Å². The van der Waals surface area contributed by atoms with Gasteiger partial charge < -0.3 is 13.7 Å². The molecule has 18 heavy (non-hydrogen) atoms. The highest BCUT2D eigenvalue weighted by Gasteiger charge is 2.11. The molecule has 0 aliphatic carbocycles. The smallest absolute Gasteiger partial charge is 0.227 e. The van der Waals surface area contributed by atoms with Crippen molar-refractivity contribution in [1.29, 1.82) is 0 Å². The summed E-state index contributed by atoms with van der Waals surface area (Å²) >= 11 is 5.56. The summed E-state index contributed by atoms with van der Waals surface area (Å²) in [7, 11) is 0.